The minimum absolute atomic E-state index is 0.0113. The maximum absolute atomic E-state index is 13.5. The molecule has 1 N–H and O–H groups in total. The zero-order chi connectivity index (χ0) is 14.5. The van der Waals surface area contributed by atoms with Crippen LogP contribution in [-0.2, 0) is 13.2 Å². The van der Waals surface area contributed by atoms with Crippen LogP contribution in [0.3, 0.4) is 0 Å². The summed E-state index contributed by atoms with van der Waals surface area (Å²) in [6.07, 6.45) is 0. The van der Waals surface area contributed by atoms with Crippen LogP contribution in [0, 0.1) is 11.6 Å². The second kappa shape index (κ2) is 6.34. The van der Waals surface area contributed by atoms with Crippen LogP contribution < -0.4 is 9.47 Å². The van der Waals surface area contributed by atoms with E-state index in [1.54, 1.807) is 18.2 Å². The summed E-state index contributed by atoms with van der Waals surface area (Å²) in [4.78, 5) is 0. The van der Waals surface area contributed by atoms with E-state index in [1.807, 2.05) is 0 Å². The highest BCUT2D eigenvalue weighted by molar-refractivity contribution is 5.37. The van der Waals surface area contributed by atoms with E-state index in [1.165, 1.54) is 19.2 Å². The highest BCUT2D eigenvalue weighted by Gasteiger charge is 2.10. The van der Waals surface area contributed by atoms with Crippen LogP contribution in [0.25, 0.3) is 0 Å². The van der Waals surface area contributed by atoms with Gasteiger partial charge in [-0.1, -0.05) is 12.1 Å². The molecule has 0 saturated carbocycles. The van der Waals surface area contributed by atoms with Gasteiger partial charge in [0.1, 0.15) is 12.4 Å². The first-order valence-electron chi connectivity index (χ1n) is 5.99. The van der Waals surface area contributed by atoms with Crippen LogP contribution >= 0.6 is 0 Å². The fourth-order valence-corrected chi connectivity index (χ4v) is 1.79. The summed E-state index contributed by atoms with van der Waals surface area (Å²) >= 11 is 0. The summed E-state index contributed by atoms with van der Waals surface area (Å²) in [6.45, 7) is -0.108. The molecule has 5 heteroatoms. The van der Waals surface area contributed by atoms with Crippen molar-refractivity contribution in [2.45, 2.75) is 13.2 Å². The van der Waals surface area contributed by atoms with E-state index in [2.05, 4.69) is 0 Å². The molecule has 0 amide bonds. The maximum Gasteiger partial charge on any atom is 0.200 e. The molecule has 2 aromatic carbocycles. The average Bonchev–Trinajstić information content (AvgIpc) is 2.48. The number of hydrogen-bond acceptors (Lipinski definition) is 3. The lowest BCUT2D eigenvalue weighted by Gasteiger charge is -2.12. The van der Waals surface area contributed by atoms with Crippen molar-refractivity contribution in [3.05, 3.63) is 59.2 Å². The molecule has 0 aliphatic rings. The van der Waals surface area contributed by atoms with Crippen molar-refractivity contribution in [1.82, 2.24) is 0 Å². The quantitative estimate of drug-likeness (QED) is 0.915. The van der Waals surface area contributed by atoms with Crippen molar-refractivity contribution in [2.75, 3.05) is 7.11 Å². The minimum atomic E-state index is -1.02. The number of methoxy groups -OCH3 is 1. The van der Waals surface area contributed by atoms with Crippen LogP contribution in [0.2, 0.25) is 0 Å². The second-order valence-corrected chi connectivity index (χ2v) is 4.14. The largest absolute Gasteiger partial charge is 0.496 e. The molecule has 0 aliphatic heterocycles. The van der Waals surface area contributed by atoms with E-state index >= 15 is 0 Å². The Labute approximate surface area is 115 Å². The fraction of sp³-hybridized carbons (Fsp3) is 0.200. The third kappa shape index (κ3) is 3.05. The van der Waals surface area contributed by atoms with E-state index in [0.717, 1.165) is 6.07 Å². The molecule has 2 aromatic rings. The molecule has 3 nitrogen and oxygen atoms in total. The zero-order valence-corrected chi connectivity index (χ0v) is 10.9. The number of aliphatic hydroxyl groups is 1. The lowest BCUT2D eigenvalue weighted by molar-refractivity contribution is 0.272. The fourth-order valence-electron chi connectivity index (χ4n) is 1.79. The van der Waals surface area contributed by atoms with Gasteiger partial charge in [-0.2, -0.15) is 4.39 Å². The molecule has 0 unspecified atom stereocenters. The van der Waals surface area contributed by atoms with Crippen molar-refractivity contribution >= 4 is 0 Å². The number of rotatable bonds is 5. The summed E-state index contributed by atoms with van der Waals surface area (Å²) in [6, 6.07) is 8.83. The number of aliphatic hydroxyl groups excluding tert-OH is 1. The Bertz CT molecular complexity index is 600. The van der Waals surface area contributed by atoms with Gasteiger partial charge in [0.15, 0.2) is 11.6 Å². The van der Waals surface area contributed by atoms with Gasteiger partial charge in [-0.05, 0) is 29.8 Å². The number of benzene rings is 2. The van der Waals surface area contributed by atoms with Crippen molar-refractivity contribution in [3.63, 3.8) is 0 Å². The second-order valence-electron chi connectivity index (χ2n) is 4.14. The molecule has 0 aliphatic carbocycles. The summed E-state index contributed by atoms with van der Waals surface area (Å²) < 4.78 is 36.9. The van der Waals surface area contributed by atoms with Gasteiger partial charge in [0, 0.05) is 5.56 Å². The van der Waals surface area contributed by atoms with Crippen molar-refractivity contribution < 1.29 is 23.4 Å². The van der Waals surface area contributed by atoms with E-state index in [9.17, 15) is 8.78 Å². The normalized spacial score (nSPS) is 10.4. The molecule has 2 rings (SSSR count). The Hall–Kier alpha value is -2.14. The monoisotopic (exact) mass is 280 g/mol. The Balaban J connectivity index is 2.19. The van der Waals surface area contributed by atoms with Crippen molar-refractivity contribution in [1.29, 1.82) is 0 Å². The molecule has 0 atom stereocenters. The number of halogens is 2. The first-order valence-corrected chi connectivity index (χ1v) is 5.99. The van der Waals surface area contributed by atoms with E-state index in [4.69, 9.17) is 14.6 Å². The minimum Gasteiger partial charge on any atom is -0.496 e. The Kier molecular flexibility index (Phi) is 4.53. The van der Waals surface area contributed by atoms with Gasteiger partial charge in [0.25, 0.3) is 0 Å². The average molecular weight is 280 g/mol. The summed E-state index contributed by atoms with van der Waals surface area (Å²) in [5, 5.41) is 9.10. The van der Waals surface area contributed by atoms with Gasteiger partial charge in [0.2, 0.25) is 5.82 Å². The predicted molar refractivity (Wildman–Crippen MR) is 69.6 cm³/mol. The van der Waals surface area contributed by atoms with Crippen LogP contribution in [0.15, 0.2) is 36.4 Å². The van der Waals surface area contributed by atoms with Gasteiger partial charge >= 0.3 is 0 Å². The van der Waals surface area contributed by atoms with Gasteiger partial charge < -0.3 is 14.6 Å². The lowest BCUT2D eigenvalue weighted by atomic mass is 10.1. The topological polar surface area (TPSA) is 38.7 Å². The van der Waals surface area contributed by atoms with Gasteiger partial charge in [0.05, 0.1) is 13.7 Å². The van der Waals surface area contributed by atoms with Crippen LogP contribution in [0.1, 0.15) is 11.1 Å². The smallest absolute Gasteiger partial charge is 0.200 e. The molecular weight excluding hydrogens is 266 g/mol. The Morgan fingerprint density at radius 2 is 1.90 bits per heavy atom. The van der Waals surface area contributed by atoms with Crippen molar-refractivity contribution in [2.24, 2.45) is 0 Å². The molecule has 106 valence electrons. The molecule has 0 bridgehead atoms. The molecule has 0 saturated heterocycles. The lowest BCUT2D eigenvalue weighted by Crippen LogP contribution is -2.02. The molecule has 0 heterocycles. The predicted octanol–water partition coefficient (Wildman–Crippen LogP) is 3.04. The third-order valence-electron chi connectivity index (χ3n) is 2.83. The zero-order valence-electron chi connectivity index (χ0n) is 10.9. The highest BCUT2D eigenvalue weighted by Crippen LogP contribution is 2.24. The highest BCUT2D eigenvalue weighted by atomic mass is 19.2. The third-order valence-corrected chi connectivity index (χ3v) is 2.83. The molecule has 0 radical (unpaired) electrons. The summed E-state index contributed by atoms with van der Waals surface area (Å²) in [7, 11) is 1.50. The van der Waals surface area contributed by atoms with Crippen LogP contribution in [-0.4, -0.2) is 12.2 Å². The van der Waals surface area contributed by atoms with E-state index < -0.39 is 11.6 Å². The van der Waals surface area contributed by atoms with Gasteiger partial charge in [-0.15, -0.1) is 0 Å². The Morgan fingerprint density at radius 3 is 2.60 bits per heavy atom. The first kappa shape index (κ1) is 14.3. The van der Waals surface area contributed by atoms with Crippen LogP contribution in [0.5, 0.6) is 11.5 Å². The van der Waals surface area contributed by atoms with Gasteiger partial charge in [-0.25, -0.2) is 4.39 Å². The number of hydrogen-bond donors (Lipinski definition) is 1. The SMILES string of the molecule is COc1ccc(CO)cc1COc1cccc(F)c1F. The summed E-state index contributed by atoms with van der Waals surface area (Å²) in [5.74, 6) is -1.59. The maximum atomic E-state index is 13.5. The molecule has 20 heavy (non-hydrogen) atoms. The first-order chi connectivity index (χ1) is 9.65. The summed E-state index contributed by atoms with van der Waals surface area (Å²) in [5.41, 5.74) is 1.33. The van der Waals surface area contributed by atoms with E-state index in [-0.39, 0.29) is 19.0 Å². The number of ether oxygens (including phenoxy) is 2. The standard InChI is InChI=1S/C15H14F2O3/c1-19-13-6-5-10(8-18)7-11(13)9-20-14-4-2-3-12(16)15(14)17/h2-7,18H,8-9H2,1H3. The van der Waals surface area contributed by atoms with Crippen LogP contribution in [0.4, 0.5) is 8.78 Å². The molecule has 0 fully saturated rings. The van der Waals surface area contributed by atoms with E-state index in [0.29, 0.717) is 16.9 Å². The molecule has 0 spiro atoms. The van der Waals surface area contributed by atoms with Gasteiger partial charge in [-0.3, -0.25) is 0 Å². The molecule has 0 aromatic heterocycles. The Morgan fingerprint density at radius 1 is 1.10 bits per heavy atom. The van der Waals surface area contributed by atoms with Crippen molar-refractivity contribution in [3.8, 4) is 11.5 Å². The molecular formula is C15H14F2O3.